The van der Waals surface area contributed by atoms with E-state index in [4.69, 9.17) is 5.73 Å². The summed E-state index contributed by atoms with van der Waals surface area (Å²) in [5, 5.41) is 0. The number of hydrogen-bond donors (Lipinski definition) is 1. The summed E-state index contributed by atoms with van der Waals surface area (Å²) < 4.78 is 0. The Labute approximate surface area is 85.1 Å². The van der Waals surface area contributed by atoms with Crippen LogP contribution in [0.5, 0.6) is 0 Å². The van der Waals surface area contributed by atoms with Crippen LogP contribution >= 0.6 is 0 Å². The lowest BCUT2D eigenvalue weighted by Gasteiger charge is -2.07. The van der Waals surface area contributed by atoms with E-state index in [2.05, 4.69) is 13.8 Å². The van der Waals surface area contributed by atoms with E-state index in [1.54, 1.807) is 0 Å². The van der Waals surface area contributed by atoms with Crippen molar-refractivity contribution in [3.8, 4) is 0 Å². The number of rotatable bonds is 4. The van der Waals surface area contributed by atoms with Crippen LogP contribution in [-0.2, 0) is 12.8 Å². The molecule has 0 spiro atoms. The maximum Gasteiger partial charge on any atom is 0.176 e. The summed E-state index contributed by atoms with van der Waals surface area (Å²) in [4.78, 5) is 11.4. The van der Waals surface area contributed by atoms with Crippen molar-refractivity contribution in [3.05, 3.63) is 34.9 Å². The standard InChI is InChI=1S/C12H17NO/c1-3-9-5-6-11(12(14)8-13)7-10(9)4-2/h5-7H,3-4,8,13H2,1-2H3. The number of nitrogens with two attached hydrogens (primary N) is 1. The number of ketones is 1. The lowest BCUT2D eigenvalue weighted by Crippen LogP contribution is -2.14. The Bertz CT molecular complexity index is 331. The van der Waals surface area contributed by atoms with Crippen molar-refractivity contribution in [1.29, 1.82) is 0 Å². The molecule has 2 nitrogen and oxygen atoms in total. The van der Waals surface area contributed by atoms with Gasteiger partial charge in [-0.1, -0.05) is 26.0 Å². The average Bonchev–Trinajstić information content (AvgIpc) is 2.26. The minimum Gasteiger partial charge on any atom is -0.324 e. The smallest absolute Gasteiger partial charge is 0.176 e. The summed E-state index contributed by atoms with van der Waals surface area (Å²) >= 11 is 0. The van der Waals surface area contributed by atoms with Crippen molar-refractivity contribution < 1.29 is 4.79 Å². The van der Waals surface area contributed by atoms with Gasteiger partial charge in [-0.2, -0.15) is 0 Å². The van der Waals surface area contributed by atoms with Crippen LogP contribution in [0.3, 0.4) is 0 Å². The molecule has 0 saturated carbocycles. The molecule has 1 aromatic carbocycles. The van der Waals surface area contributed by atoms with Gasteiger partial charge in [0.2, 0.25) is 0 Å². The first-order valence-electron chi connectivity index (χ1n) is 5.08. The van der Waals surface area contributed by atoms with Crippen LogP contribution in [0, 0.1) is 0 Å². The Kier molecular flexibility index (Phi) is 3.84. The van der Waals surface area contributed by atoms with Crippen LogP contribution in [0.1, 0.15) is 35.3 Å². The van der Waals surface area contributed by atoms with Gasteiger partial charge in [-0.3, -0.25) is 4.79 Å². The third-order valence-electron chi connectivity index (χ3n) is 2.48. The SMILES string of the molecule is CCc1ccc(C(=O)CN)cc1CC. The molecule has 0 saturated heterocycles. The minimum absolute atomic E-state index is 0.0161. The van der Waals surface area contributed by atoms with Crippen LogP contribution in [0.4, 0.5) is 0 Å². The molecule has 0 aliphatic rings. The average molecular weight is 191 g/mol. The fraction of sp³-hybridized carbons (Fsp3) is 0.417. The predicted molar refractivity (Wildman–Crippen MR) is 58.6 cm³/mol. The molecule has 1 rings (SSSR count). The Morgan fingerprint density at radius 1 is 1.21 bits per heavy atom. The number of Topliss-reactive ketones (excluding diaryl/α,β-unsaturated/α-hetero) is 1. The summed E-state index contributed by atoms with van der Waals surface area (Å²) in [5.41, 5.74) is 8.63. The second-order valence-electron chi connectivity index (χ2n) is 3.32. The molecule has 76 valence electrons. The van der Waals surface area contributed by atoms with Gasteiger partial charge < -0.3 is 5.73 Å². The van der Waals surface area contributed by atoms with Crippen molar-refractivity contribution in [3.63, 3.8) is 0 Å². The van der Waals surface area contributed by atoms with Crippen molar-refractivity contribution in [1.82, 2.24) is 0 Å². The first-order valence-corrected chi connectivity index (χ1v) is 5.08. The van der Waals surface area contributed by atoms with Crippen molar-refractivity contribution in [2.75, 3.05) is 6.54 Å². The lowest BCUT2D eigenvalue weighted by atomic mass is 9.98. The van der Waals surface area contributed by atoms with E-state index in [-0.39, 0.29) is 12.3 Å². The fourth-order valence-electron chi connectivity index (χ4n) is 1.59. The number of benzene rings is 1. The summed E-state index contributed by atoms with van der Waals surface area (Å²) in [6.07, 6.45) is 1.98. The van der Waals surface area contributed by atoms with Gasteiger partial charge in [0.1, 0.15) is 0 Å². The zero-order valence-corrected chi connectivity index (χ0v) is 8.84. The molecule has 0 heterocycles. The molecule has 0 aliphatic heterocycles. The number of aryl methyl sites for hydroxylation is 2. The maximum atomic E-state index is 11.4. The highest BCUT2D eigenvalue weighted by Crippen LogP contribution is 2.13. The minimum atomic E-state index is 0.0161. The van der Waals surface area contributed by atoms with Crippen LogP contribution < -0.4 is 5.73 Å². The Morgan fingerprint density at radius 2 is 1.86 bits per heavy atom. The topological polar surface area (TPSA) is 43.1 Å². The quantitative estimate of drug-likeness (QED) is 0.739. The molecule has 0 radical (unpaired) electrons. The van der Waals surface area contributed by atoms with Gasteiger partial charge >= 0.3 is 0 Å². The highest BCUT2D eigenvalue weighted by atomic mass is 16.1. The molecule has 14 heavy (non-hydrogen) atoms. The number of hydrogen-bond acceptors (Lipinski definition) is 2. The van der Waals surface area contributed by atoms with Crippen LogP contribution in [0.2, 0.25) is 0 Å². The van der Waals surface area contributed by atoms with Crippen LogP contribution in [0.15, 0.2) is 18.2 Å². The van der Waals surface area contributed by atoms with Gasteiger partial charge in [0, 0.05) is 5.56 Å². The molecule has 0 amide bonds. The molecule has 0 aromatic heterocycles. The summed E-state index contributed by atoms with van der Waals surface area (Å²) in [6, 6.07) is 5.86. The normalized spacial score (nSPS) is 10.2. The molecule has 0 atom stereocenters. The number of carbonyl (C=O) groups excluding carboxylic acids is 1. The van der Waals surface area contributed by atoms with Crippen molar-refractivity contribution in [2.24, 2.45) is 5.73 Å². The van der Waals surface area contributed by atoms with Gasteiger partial charge in [0.15, 0.2) is 5.78 Å². The Morgan fingerprint density at radius 3 is 2.36 bits per heavy atom. The molecule has 0 unspecified atom stereocenters. The molecule has 1 aromatic rings. The van der Waals surface area contributed by atoms with E-state index in [1.165, 1.54) is 11.1 Å². The largest absolute Gasteiger partial charge is 0.324 e. The van der Waals surface area contributed by atoms with Crippen molar-refractivity contribution in [2.45, 2.75) is 26.7 Å². The van der Waals surface area contributed by atoms with Gasteiger partial charge in [-0.15, -0.1) is 0 Å². The highest BCUT2D eigenvalue weighted by Gasteiger charge is 2.06. The summed E-state index contributed by atoms with van der Waals surface area (Å²) in [7, 11) is 0. The third-order valence-corrected chi connectivity index (χ3v) is 2.48. The zero-order chi connectivity index (χ0) is 10.6. The Hall–Kier alpha value is -1.15. The molecule has 0 fully saturated rings. The molecule has 0 bridgehead atoms. The fourth-order valence-corrected chi connectivity index (χ4v) is 1.59. The monoisotopic (exact) mass is 191 g/mol. The van der Waals surface area contributed by atoms with Gasteiger partial charge in [0.05, 0.1) is 6.54 Å². The highest BCUT2D eigenvalue weighted by molar-refractivity contribution is 5.97. The molecule has 2 heteroatoms. The van der Waals surface area contributed by atoms with Gasteiger partial charge in [-0.05, 0) is 30.0 Å². The molecular formula is C12H17NO. The maximum absolute atomic E-state index is 11.4. The van der Waals surface area contributed by atoms with E-state index in [0.717, 1.165) is 18.4 Å². The van der Waals surface area contributed by atoms with E-state index >= 15 is 0 Å². The molecule has 2 N–H and O–H groups in total. The lowest BCUT2D eigenvalue weighted by molar-refractivity contribution is 0.100. The predicted octanol–water partition coefficient (Wildman–Crippen LogP) is 1.95. The second kappa shape index (κ2) is 4.91. The van der Waals surface area contributed by atoms with Gasteiger partial charge in [-0.25, -0.2) is 0 Å². The van der Waals surface area contributed by atoms with Crippen LogP contribution in [-0.4, -0.2) is 12.3 Å². The first kappa shape index (κ1) is 10.9. The van der Waals surface area contributed by atoms with E-state index in [1.807, 2.05) is 18.2 Å². The number of carbonyl (C=O) groups is 1. The molecule has 0 aliphatic carbocycles. The summed E-state index contributed by atoms with van der Waals surface area (Å²) in [5.74, 6) is 0.0161. The molecular weight excluding hydrogens is 174 g/mol. The Balaban J connectivity index is 3.07. The van der Waals surface area contributed by atoms with Gasteiger partial charge in [0.25, 0.3) is 0 Å². The van der Waals surface area contributed by atoms with Crippen LogP contribution in [0.25, 0.3) is 0 Å². The van der Waals surface area contributed by atoms with E-state index in [0.29, 0.717) is 0 Å². The van der Waals surface area contributed by atoms with Crippen molar-refractivity contribution >= 4 is 5.78 Å². The third kappa shape index (κ3) is 2.20. The first-order chi connectivity index (χ1) is 6.72. The zero-order valence-electron chi connectivity index (χ0n) is 8.84. The second-order valence-corrected chi connectivity index (χ2v) is 3.32. The van der Waals surface area contributed by atoms with E-state index in [9.17, 15) is 4.79 Å². The summed E-state index contributed by atoms with van der Waals surface area (Å²) in [6.45, 7) is 4.32. The van der Waals surface area contributed by atoms with E-state index < -0.39 is 0 Å².